The molecule has 0 atom stereocenters. The van der Waals surface area contributed by atoms with Gasteiger partial charge in [-0.1, -0.05) is 26.0 Å². The summed E-state index contributed by atoms with van der Waals surface area (Å²) in [4.78, 5) is 32.4. The summed E-state index contributed by atoms with van der Waals surface area (Å²) >= 11 is 0. The van der Waals surface area contributed by atoms with Crippen molar-refractivity contribution >= 4 is 17.5 Å². The van der Waals surface area contributed by atoms with Gasteiger partial charge in [0.2, 0.25) is 11.8 Å². The number of rotatable bonds is 7. The Bertz CT molecular complexity index is 670. The summed E-state index contributed by atoms with van der Waals surface area (Å²) in [5, 5.41) is 0. The third-order valence-electron chi connectivity index (χ3n) is 5.78. The van der Waals surface area contributed by atoms with Crippen LogP contribution in [0.4, 0.5) is 5.69 Å². The number of hydrogen-bond donors (Lipinski definition) is 0. The zero-order chi connectivity index (χ0) is 19.4. The molecule has 0 aromatic heterocycles. The van der Waals surface area contributed by atoms with E-state index in [9.17, 15) is 9.59 Å². The van der Waals surface area contributed by atoms with E-state index in [1.54, 1.807) is 0 Å². The maximum atomic E-state index is 13.2. The van der Waals surface area contributed by atoms with Gasteiger partial charge in [-0.2, -0.15) is 0 Å². The largest absolute Gasteiger partial charge is 0.368 e. The zero-order valence-electron chi connectivity index (χ0n) is 17.0. The molecule has 1 aromatic rings. The molecule has 3 rings (SSSR count). The fourth-order valence-corrected chi connectivity index (χ4v) is 4.10. The summed E-state index contributed by atoms with van der Waals surface area (Å²) in [6, 6.07) is 8.50. The van der Waals surface area contributed by atoms with E-state index >= 15 is 0 Å². The minimum absolute atomic E-state index is 0.0635. The molecule has 2 aliphatic rings. The molecule has 0 unspecified atom stereocenters. The Morgan fingerprint density at radius 1 is 1.04 bits per heavy atom. The lowest BCUT2D eigenvalue weighted by Gasteiger charge is -2.38. The molecule has 1 heterocycles. The van der Waals surface area contributed by atoms with Crippen LogP contribution in [0.1, 0.15) is 45.1 Å². The maximum absolute atomic E-state index is 13.2. The van der Waals surface area contributed by atoms with E-state index in [1.807, 2.05) is 9.80 Å². The van der Waals surface area contributed by atoms with Crippen molar-refractivity contribution in [3.8, 4) is 0 Å². The lowest BCUT2D eigenvalue weighted by atomic mass is 10.0. The van der Waals surface area contributed by atoms with Gasteiger partial charge in [-0.25, -0.2) is 0 Å². The smallest absolute Gasteiger partial charge is 0.238 e. The normalized spacial score (nSPS) is 18.3. The molecule has 27 heavy (non-hydrogen) atoms. The second-order valence-corrected chi connectivity index (χ2v) is 7.99. The van der Waals surface area contributed by atoms with Gasteiger partial charge in [0.15, 0.2) is 0 Å². The fraction of sp³-hybridized carbons (Fsp3) is 0.636. The molecule has 148 valence electrons. The molecular weight excluding hydrogens is 338 g/mol. The van der Waals surface area contributed by atoms with E-state index in [0.29, 0.717) is 25.9 Å². The van der Waals surface area contributed by atoms with E-state index in [0.717, 1.165) is 39.0 Å². The van der Waals surface area contributed by atoms with Crippen LogP contribution in [-0.4, -0.2) is 60.9 Å². The summed E-state index contributed by atoms with van der Waals surface area (Å²) < 4.78 is 0. The Hall–Kier alpha value is -2.04. The molecule has 1 saturated carbocycles. The van der Waals surface area contributed by atoms with Gasteiger partial charge in [0.1, 0.15) is 5.41 Å². The summed E-state index contributed by atoms with van der Waals surface area (Å²) in [5.41, 5.74) is 1.72. The second kappa shape index (κ2) is 8.32. The average Bonchev–Trinajstić information content (AvgIpc) is 3.49. The minimum Gasteiger partial charge on any atom is -0.368 e. The highest BCUT2D eigenvalue weighted by Gasteiger charge is 2.59. The lowest BCUT2D eigenvalue weighted by Crippen LogP contribution is -2.54. The van der Waals surface area contributed by atoms with Crippen LogP contribution in [0, 0.1) is 12.3 Å². The first-order valence-electron chi connectivity index (χ1n) is 10.4. The van der Waals surface area contributed by atoms with Crippen LogP contribution in [0.3, 0.4) is 0 Å². The van der Waals surface area contributed by atoms with Crippen LogP contribution < -0.4 is 4.90 Å². The van der Waals surface area contributed by atoms with Gasteiger partial charge in [0, 0.05) is 45.0 Å². The number of piperazine rings is 1. The Morgan fingerprint density at radius 3 is 2.19 bits per heavy atom. The van der Waals surface area contributed by atoms with Gasteiger partial charge >= 0.3 is 0 Å². The van der Waals surface area contributed by atoms with Crippen molar-refractivity contribution in [2.45, 2.75) is 46.5 Å². The number of amides is 2. The van der Waals surface area contributed by atoms with E-state index < -0.39 is 5.41 Å². The highest BCUT2D eigenvalue weighted by atomic mass is 16.2. The van der Waals surface area contributed by atoms with Crippen LogP contribution >= 0.6 is 0 Å². The van der Waals surface area contributed by atoms with Crippen LogP contribution in [0.2, 0.25) is 0 Å². The molecule has 0 bridgehead atoms. The van der Waals surface area contributed by atoms with Crippen LogP contribution in [0.5, 0.6) is 0 Å². The number of hydrogen-bond acceptors (Lipinski definition) is 3. The summed E-state index contributed by atoms with van der Waals surface area (Å²) in [6.45, 7) is 10.8. The standard InChI is InChI=1S/C22H33N3O2/c1-4-11-24(12-5-2)20(26)22(9-10-22)21(27)25-15-13-23(14-16-25)19-8-6-7-18(3)17-19/h6-8,17H,4-5,9-16H2,1-3H3. The first-order valence-corrected chi connectivity index (χ1v) is 10.4. The van der Waals surface area contributed by atoms with Gasteiger partial charge in [0.05, 0.1) is 0 Å². The monoisotopic (exact) mass is 371 g/mol. The zero-order valence-corrected chi connectivity index (χ0v) is 17.0. The first kappa shape index (κ1) is 19.7. The van der Waals surface area contributed by atoms with Gasteiger partial charge in [0.25, 0.3) is 0 Å². The fourth-order valence-electron chi connectivity index (χ4n) is 4.10. The van der Waals surface area contributed by atoms with E-state index in [4.69, 9.17) is 0 Å². The van der Waals surface area contributed by atoms with Crippen molar-refractivity contribution in [1.82, 2.24) is 9.80 Å². The van der Waals surface area contributed by atoms with Gasteiger partial charge in [-0.3, -0.25) is 9.59 Å². The second-order valence-electron chi connectivity index (χ2n) is 7.99. The maximum Gasteiger partial charge on any atom is 0.238 e. The highest BCUT2D eigenvalue weighted by molar-refractivity contribution is 6.07. The van der Waals surface area contributed by atoms with Gasteiger partial charge in [-0.15, -0.1) is 0 Å². The van der Waals surface area contributed by atoms with Crippen molar-refractivity contribution in [1.29, 1.82) is 0 Å². The average molecular weight is 372 g/mol. The predicted molar refractivity (Wildman–Crippen MR) is 109 cm³/mol. The highest BCUT2D eigenvalue weighted by Crippen LogP contribution is 2.49. The van der Waals surface area contributed by atoms with Crippen molar-refractivity contribution in [2.75, 3.05) is 44.2 Å². The molecule has 0 spiro atoms. The summed E-state index contributed by atoms with van der Waals surface area (Å²) in [7, 11) is 0. The SMILES string of the molecule is CCCN(CCC)C(=O)C1(C(=O)N2CCN(c3cccc(C)c3)CC2)CC1. The Labute approximate surface area is 163 Å². The van der Waals surface area contributed by atoms with Crippen molar-refractivity contribution in [3.63, 3.8) is 0 Å². The molecule has 2 amide bonds. The molecule has 2 fully saturated rings. The topological polar surface area (TPSA) is 43.9 Å². The van der Waals surface area contributed by atoms with E-state index in [-0.39, 0.29) is 11.8 Å². The third kappa shape index (κ3) is 4.12. The quantitative estimate of drug-likeness (QED) is 0.692. The van der Waals surface area contributed by atoms with Crippen molar-refractivity contribution in [2.24, 2.45) is 5.41 Å². The number of benzene rings is 1. The molecular formula is C22H33N3O2. The first-order chi connectivity index (χ1) is 13.0. The Morgan fingerprint density at radius 2 is 1.67 bits per heavy atom. The van der Waals surface area contributed by atoms with Crippen LogP contribution in [0.25, 0.3) is 0 Å². The van der Waals surface area contributed by atoms with Crippen molar-refractivity contribution in [3.05, 3.63) is 29.8 Å². The van der Waals surface area contributed by atoms with Gasteiger partial charge in [-0.05, 0) is 50.3 Å². The van der Waals surface area contributed by atoms with E-state index in [2.05, 4.69) is 49.9 Å². The van der Waals surface area contributed by atoms with Crippen LogP contribution in [-0.2, 0) is 9.59 Å². The number of aryl methyl sites for hydroxylation is 1. The lowest BCUT2D eigenvalue weighted by molar-refractivity contribution is -0.149. The van der Waals surface area contributed by atoms with Gasteiger partial charge < -0.3 is 14.7 Å². The molecule has 5 heteroatoms. The summed E-state index contributed by atoms with van der Waals surface area (Å²) in [5.74, 6) is 0.130. The number of carbonyl (C=O) groups is 2. The predicted octanol–water partition coefficient (Wildman–Crippen LogP) is 3.07. The number of carbonyl (C=O) groups excluding carboxylic acids is 2. The molecule has 0 radical (unpaired) electrons. The Balaban J connectivity index is 1.62. The minimum atomic E-state index is -0.754. The molecule has 0 N–H and O–H groups in total. The summed E-state index contributed by atoms with van der Waals surface area (Å²) in [6.07, 6.45) is 3.30. The molecule has 1 aromatic carbocycles. The number of nitrogens with zero attached hydrogens (tertiary/aromatic N) is 3. The Kier molecular flexibility index (Phi) is 6.08. The molecule has 1 saturated heterocycles. The van der Waals surface area contributed by atoms with Crippen molar-refractivity contribution < 1.29 is 9.59 Å². The number of anilines is 1. The molecule has 1 aliphatic heterocycles. The molecule has 5 nitrogen and oxygen atoms in total. The molecule has 1 aliphatic carbocycles. The van der Waals surface area contributed by atoms with Crippen LogP contribution in [0.15, 0.2) is 24.3 Å². The van der Waals surface area contributed by atoms with E-state index in [1.165, 1.54) is 11.3 Å². The third-order valence-corrected chi connectivity index (χ3v) is 5.78.